The summed E-state index contributed by atoms with van der Waals surface area (Å²) < 4.78 is 10.8. The van der Waals surface area contributed by atoms with Crippen molar-refractivity contribution in [2.45, 2.75) is 47.5 Å². The molecule has 0 radical (unpaired) electrons. The van der Waals surface area contributed by atoms with Crippen LogP contribution in [-0.2, 0) is 16.0 Å². The molecule has 0 heterocycles. The normalized spacial score (nSPS) is 12.3. The Bertz CT molecular complexity index is 478. The molecule has 21 heavy (non-hydrogen) atoms. The number of aryl methyl sites for hydroxylation is 2. The summed E-state index contributed by atoms with van der Waals surface area (Å²) >= 11 is 0. The van der Waals surface area contributed by atoms with Gasteiger partial charge in [-0.2, -0.15) is 0 Å². The molecular weight excluding hydrogens is 264 g/mol. The van der Waals surface area contributed by atoms with Crippen LogP contribution in [0.4, 0.5) is 0 Å². The van der Waals surface area contributed by atoms with Crippen LogP contribution >= 0.6 is 0 Å². The van der Waals surface area contributed by atoms with E-state index in [4.69, 9.17) is 9.47 Å². The van der Waals surface area contributed by atoms with E-state index in [0.29, 0.717) is 18.9 Å². The first-order chi connectivity index (χ1) is 9.88. The monoisotopic (exact) mass is 292 g/mol. The predicted molar refractivity (Wildman–Crippen MR) is 85.8 cm³/mol. The Labute approximate surface area is 128 Å². The van der Waals surface area contributed by atoms with Crippen molar-refractivity contribution in [1.82, 2.24) is 0 Å². The largest absolute Gasteiger partial charge is 0.496 e. The van der Waals surface area contributed by atoms with Gasteiger partial charge in [0.25, 0.3) is 0 Å². The van der Waals surface area contributed by atoms with Crippen LogP contribution in [0, 0.1) is 25.7 Å². The summed E-state index contributed by atoms with van der Waals surface area (Å²) in [4.78, 5) is 12.2. The van der Waals surface area contributed by atoms with E-state index in [2.05, 4.69) is 32.9 Å². The highest BCUT2D eigenvalue weighted by atomic mass is 16.5. The molecule has 0 N–H and O–H groups in total. The van der Waals surface area contributed by atoms with Crippen LogP contribution in [0.3, 0.4) is 0 Å². The Morgan fingerprint density at radius 1 is 1.24 bits per heavy atom. The van der Waals surface area contributed by atoms with Gasteiger partial charge in [-0.15, -0.1) is 0 Å². The second-order valence-electron chi connectivity index (χ2n) is 6.06. The van der Waals surface area contributed by atoms with E-state index >= 15 is 0 Å². The van der Waals surface area contributed by atoms with Gasteiger partial charge in [-0.3, -0.25) is 4.79 Å². The molecule has 3 nitrogen and oxygen atoms in total. The average Bonchev–Trinajstić information content (AvgIpc) is 2.37. The summed E-state index contributed by atoms with van der Waals surface area (Å²) in [5.74, 6) is 1.13. The Morgan fingerprint density at radius 2 is 1.90 bits per heavy atom. The van der Waals surface area contributed by atoms with Crippen LogP contribution in [0.2, 0.25) is 0 Å². The quantitative estimate of drug-likeness (QED) is 0.710. The second-order valence-corrected chi connectivity index (χ2v) is 6.06. The minimum Gasteiger partial charge on any atom is -0.496 e. The van der Waals surface area contributed by atoms with E-state index in [9.17, 15) is 4.79 Å². The molecule has 0 fully saturated rings. The van der Waals surface area contributed by atoms with Crippen molar-refractivity contribution in [2.24, 2.45) is 11.8 Å². The van der Waals surface area contributed by atoms with Crippen molar-refractivity contribution < 1.29 is 14.3 Å². The number of benzene rings is 1. The number of esters is 1. The molecule has 118 valence electrons. The highest BCUT2D eigenvalue weighted by Crippen LogP contribution is 2.29. The lowest BCUT2D eigenvalue weighted by Gasteiger charge is -2.20. The van der Waals surface area contributed by atoms with Gasteiger partial charge in [-0.1, -0.05) is 31.5 Å². The fraction of sp³-hybridized carbons (Fsp3) is 0.611. The van der Waals surface area contributed by atoms with Gasteiger partial charge in [-0.05, 0) is 50.7 Å². The molecule has 1 unspecified atom stereocenters. The minimum atomic E-state index is -0.111. The molecule has 0 bridgehead atoms. The van der Waals surface area contributed by atoms with E-state index in [0.717, 1.165) is 23.3 Å². The third-order valence-corrected chi connectivity index (χ3v) is 3.54. The SMILES string of the molecule is CCOC(=O)C(Cc1cc(C)cc(C)c1OC)CC(C)C. The number of ether oxygens (including phenoxy) is 2. The maximum atomic E-state index is 12.2. The standard InChI is InChI=1S/C18H28O3/c1-7-21-18(19)16(8-12(2)3)11-15-10-13(4)9-14(5)17(15)20-6/h9-10,12,16H,7-8,11H2,1-6H3. The van der Waals surface area contributed by atoms with E-state index in [1.54, 1.807) is 7.11 Å². The number of hydrogen-bond acceptors (Lipinski definition) is 3. The summed E-state index contributed by atoms with van der Waals surface area (Å²) in [6.07, 6.45) is 1.50. The molecule has 1 aromatic rings. The molecule has 0 aromatic heterocycles. The lowest BCUT2D eigenvalue weighted by molar-refractivity contribution is -0.148. The Kier molecular flexibility index (Phi) is 6.73. The lowest BCUT2D eigenvalue weighted by Crippen LogP contribution is -2.22. The molecule has 0 amide bonds. The molecule has 1 rings (SSSR count). The Hall–Kier alpha value is -1.51. The second kappa shape index (κ2) is 8.06. The first kappa shape index (κ1) is 17.5. The fourth-order valence-corrected chi connectivity index (χ4v) is 2.84. The van der Waals surface area contributed by atoms with Crippen molar-refractivity contribution in [3.63, 3.8) is 0 Å². The summed E-state index contributed by atoms with van der Waals surface area (Å²) in [6, 6.07) is 4.21. The highest BCUT2D eigenvalue weighted by Gasteiger charge is 2.23. The Balaban J connectivity index is 3.05. The van der Waals surface area contributed by atoms with Crippen molar-refractivity contribution in [3.8, 4) is 5.75 Å². The number of hydrogen-bond donors (Lipinski definition) is 0. The maximum absolute atomic E-state index is 12.2. The van der Waals surface area contributed by atoms with Crippen LogP contribution in [0.15, 0.2) is 12.1 Å². The van der Waals surface area contributed by atoms with Crippen LogP contribution in [0.1, 0.15) is 43.9 Å². The summed E-state index contributed by atoms with van der Waals surface area (Å²) in [6.45, 7) is 10.6. The molecule has 0 spiro atoms. The molecule has 0 saturated carbocycles. The molecule has 0 aliphatic carbocycles. The maximum Gasteiger partial charge on any atom is 0.309 e. The van der Waals surface area contributed by atoms with Gasteiger partial charge < -0.3 is 9.47 Å². The van der Waals surface area contributed by atoms with Crippen molar-refractivity contribution >= 4 is 5.97 Å². The molecule has 0 aliphatic rings. The number of carbonyl (C=O) groups excluding carboxylic acids is 1. The van der Waals surface area contributed by atoms with Crippen LogP contribution < -0.4 is 4.74 Å². The smallest absolute Gasteiger partial charge is 0.309 e. The summed E-state index contributed by atoms with van der Waals surface area (Å²) in [7, 11) is 1.68. The van der Waals surface area contributed by atoms with Gasteiger partial charge in [0, 0.05) is 0 Å². The zero-order valence-electron chi connectivity index (χ0n) is 14.2. The van der Waals surface area contributed by atoms with Crippen LogP contribution in [0.5, 0.6) is 5.75 Å². The number of rotatable bonds is 7. The average molecular weight is 292 g/mol. The van der Waals surface area contributed by atoms with E-state index < -0.39 is 0 Å². The van der Waals surface area contributed by atoms with E-state index in [-0.39, 0.29) is 11.9 Å². The summed E-state index contributed by atoms with van der Waals surface area (Å²) in [5.41, 5.74) is 3.39. The van der Waals surface area contributed by atoms with Gasteiger partial charge >= 0.3 is 5.97 Å². The molecule has 3 heteroatoms. The predicted octanol–water partition coefficient (Wildman–Crippen LogP) is 4.08. The number of carbonyl (C=O) groups is 1. The van der Waals surface area contributed by atoms with Crippen LogP contribution in [0.25, 0.3) is 0 Å². The molecule has 0 aliphatic heterocycles. The van der Waals surface area contributed by atoms with E-state index in [1.165, 1.54) is 5.56 Å². The van der Waals surface area contributed by atoms with Crippen molar-refractivity contribution in [2.75, 3.05) is 13.7 Å². The summed E-state index contributed by atoms with van der Waals surface area (Å²) in [5, 5.41) is 0. The number of methoxy groups -OCH3 is 1. The van der Waals surface area contributed by atoms with E-state index in [1.807, 2.05) is 13.8 Å². The van der Waals surface area contributed by atoms with Crippen LogP contribution in [-0.4, -0.2) is 19.7 Å². The third-order valence-electron chi connectivity index (χ3n) is 3.54. The molecule has 1 atom stereocenters. The van der Waals surface area contributed by atoms with Gasteiger partial charge in [0.05, 0.1) is 19.6 Å². The lowest BCUT2D eigenvalue weighted by atomic mass is 9.89. The van der Waals surface area contributed by atoms with Gasteiger partial charge in [0.2, 0.25) is 0 Å². The minimum absolute atomic E-state index is 0.104. The first-order valence-electron chi connectivity index (χ1n) is 7.69. The van der Waals surface area contributed by atoms with Gasteiger partial charge in [0.1, 0.15) is 5.75 Å². The first-order valence-corrected chi connectivity index (χ1v) is 7.69. The zero-order chi connectivity index (χ0) is 16.0. The van der Waals surface area contributed by atoms with Crippen molar-refractivity contribution in [3.05, 3.63) is 28.8 Å². The third kappa shape index (κ3) is 5.07. The Morgan fingerprint density at radius 3 is 2.43 bits per heavy atom. The molecule has 0 saturated heterocycles. The van der Waals surface area contributed by atoms with Crippen molar-refractivity contribution in [1.29, 1.82) is 0 Å². The fourth-order valence-electron chi connectivity index (χ4n) is 2.84. The molecule has 1 aromatic carbocycles. The van der Waals surface area contributed by atoms with Gasteiger partial charge in [-0.25, -0.2) is 0 Å². The molecular formula is C18H28O3. The van der Waals surface area contributed by atoms with Gasteiger partial charge in [0.15, 0.2) is 0 Å². The zero-order valence-corrected chi connectivity index (χ0v) is 14.2. The highest BCUT2D eigenvalue weighted by molar-refractivity contribution is 5.73. The topological polar surface area (TPSA) is 35.5 Å².